The highest BCUT2D eigenvalue weighted by Gasteiger charge is 2.34. The molecule has 7 nitrogen and oxygen atoms in total. The van der Waals surface area contributed by atoms with Crippen molar-refractivity contribution in [2.45, 2.75) is 64.1 Å². The second-order valence-corrected chi connectivity index (χ2v) is 12.9. The van der Waals surface area contributed by atoms with E-state index >= 15 is 0 Å². The molecule has 0 aliphatic rings. The molecule has 1 N–H and O–H groups in total. The summed E-state index contributed by atoms with van der Waals surface area (Å²) in [6, 6.07) is 16.6. The standard InChI is InChI=1S/C30H34Cl3N3O4S/c1-5-21(4)34-30(38)28(6-2)35(18-22-12-15-26(32)27(33)16-22)29(37)19-36(24-9-7-8-23(31)17-24)41(39,40)25-13-10-20(3)11-14-25/h7-17,21,28H,5-6,18-19H2,1-4H3,(H,34,38)/t21-,28+/m1/s1. The normalized spacial score (nSPS) is 12.9. The van der Waals surface area contributed by atoms with Gasteiger partial charge in [0.05, 0.1) is 20.6 Å². The molecule has 0 fully saturated rings. The minimum absolute atomic E-state index is 0.0100. The van der Waals surface area contributed by atoms with Crippen molar-refractivity contribution in [3.63, 3.8) is 0 Å². The first-order chi connectivity index (χ1) is 19.4. The fourth-order valence-electron chi connectivity index (χ4n) is 4.19. The third-order valence-corrected chi connectivity index (χ3v) is 9.47. The zero-order valence-electron chi connectivity index (χ0n) is 23.4. The Morgan fingerprint density at radius 1 is 0.902 bits per heavy atom. The van der Waals surface area contributed by atoms with Gasteiger partial charge >= 0.3 is 0 Å². The Labute approximate surface area is 257 Å². The molecule has 0 aliphatic carbocycles. The summed E-state index contributed by atoms with van der Waals surface area (Å²) in [4.78, 5) is 28.9. The fourth-order valence-corrected chi connectivity index (χ4v) is 6.10. The van der Waals surface area contributed by atoms with E-state index in [0.29, 0.717) is 33.5 Å². The molecule has 2 atom stereocenters. The van der Waals surface area contributed by atoms with E-state index in [9.17, 15) is 18.0 Å². The minimum atomic E-state index is -4.19. The predicted molar refractivity (Wildman–Crippen MR) is 166 cm³/mol. The molecule has 2 amide bonds. The Morgan fingerprint density at radius 2 is 1.59 bits per heavy atom. The lowest BCUT2D eigenvalue weighted by atomic mass is 10.1. The van der Waals surface area contributed by atoms with Crippen molar-refractivity contribution >= 4 is 62.3 Å². The van der Waals surface area contributed by atoms with Crippen molar-refractivity contribution in [1.82, 2.24) is 10.2 Å². The number of carbonyl (C=O) groups is 2. The van der Waals surface area contributed by atoms with E-state index < -0.39 is 28.5 Å². The van der Waals surface area contributed by atoms with Crippen molar-refractivity contribution in [2.75, 3.05) is 10.8 Å². The zero-order valence-corrected chi connectivity index (χ0v) is 26.5. The van der Waals surface area contributed by atoms with Crippen LogP contribution in [0.4, 0.5) is 5.69 Å². The number of benzene rings is 3. The maximum Gasteiger partial charge on any atom is 0.264 e. The smallest absolute Gasteiger partial charge is 0.264 e. The van der Waals surface area contributed by atoms with Crippen molar-refractivity contribution in [3.05, 3.63) is 92.9 Å². The Morgan fingerprint density at radius 3 is 2.17 bits per heavy atom. The van der Waals surface area contributed by atoms with E-state index in [1.54, 1.807) is 55.5 Å². The Bertz CT molecular complexity index is 1480. The van der Waals surface area contributed by atoms with Crippen molar-refractivity contribution in [2.24, 2.45) is 0 Å². The molecule has 0 saturated heterocycles. The number of rotatable bonds is 12. The van der Waals surface area contributed by atoms with Gasteiger partial charge < -0.3 is 10.2 Å². The van der Waals surface area contributed by atoms with Gasteiger partial charge in [0.1, 0.15) is 12.6 Å². The Kier molecular flexibility index (Phi) is 11.5. The molecule has 3 aromatic rings. The predicted octanol–water partition coefficient (Wildman–Crippen LogP) is 6.87. The highest BCUT2D eigenvalue weighted by Crippen LogP contribution is 2.28. The number of sulfonamides is 1. The second kappa shape index (κ2) is 14.4. The van der Waals surface area contributed by atoms with Crippen LogP contribution in [0.2, 0.25) is 15.1 Å². The van der Waals surface area contributed by atoms with E-state index in [4.69, 9.17) is 34.8 Å². The topological polar surface area (TPSA) is 86.8 Å². The van der Waals surface area contributed by atoms with Gasteiger partial charge in [-0.3, -0.25) is 13.9 Å². The van der Waals surface area contributed by atoms with Gasteiger partial charge in [-0.1, -0.05) is 78.5 Å². The SMILES string of the molecule is CC[C@@H](C)NC(=O)[C@H](CC)N(Cc1ccc(Cl)c(Cl)c1)C(=O)CN(c1cccc(Cl)c1)S(=O)(=O)c1ccc(C)cc1. The molecule has 3 aromatic carbocycles. The summed E-state index contributed by atoms with van der Waals surface area (Å²) < 4.78 is 28.8. The molecule has 0 saturated carbocycles. The lowest BCUT2D eigenvalue weighted by molar-refractivity contribution is -0.140. The molecule has 0 aliphatic heterocycles. The first-order valence-corrected chi connectivity index (χ1v) is 15.8. The van der Waals surface area contributed by atoms with Gasteiger partial charge in [-0.05, 0) is 74.7 Å². The van der Waals surface area contributed by atoms with Crippen LogP contribution in [0.25, 0.3) is 0 Å². The van der Waals surface area contributed by atoms with E-state index in [1.165, 1.54) is 23.1 Å². The van der Waals surface area contributed by atoms with Crippen LogP contribution in [0.3, 0.4) is 0 Å². The van der Waals surface area contributed by atoms with Gasteiger partial charge in [0.2, 0.25) is 11.8 Å². The Balaban J connectivity index is 2.08. The van der Waals surface area contributed by atoms with Crippen molar-refractivity contribution < 1.29 is 18.0 Å². The van der Waals surface area contributed by atoms with Crippen LogP contribution < -0.4 is 9.62 Å². The van der Waals surface area contributed by atoms with Crippen LogP contribution >= 0.6 is 34.8 Å². The molecule has 0 bridgehead atoms. The highest BCUT2D eigenvalue weighted by atomic mass is 35.5. The summed E-state index contributed by atoms with van der Waals surface area (Å²) in [6.45, 7) is 6.92. The molecule has 0 spiro atoms. The van der Waals surface area contributed by atoms with Crippen LogP contribution in [-0.4, -0.2) is 43.8 Å². The average Bonchev–Trinajstić information content (AvgIpc) is 2.93. The summed E-state index contributed by atoms with van der Waals surface area (Å²) in [5, 5.41) is 3.91. The highest BCUT2D eigenvalue weighted by molar-refractivity contribution is 7.92. The van der Waals surface area contributed by atoms with Crippen LogP contribution in [-0.2, 0) is 26.2 Å². The molecule has 0 radical (unpaired) electrons. The molecule has 0 heterocycles. The van der Waals surface area contributed by atoms with Gasteiger partial charge in [0.15, 0.2) is 0 Å². The number of halogens is 3. The van der Waals surface area contributed by atoms with Gasteiger partial charge in [-0.15, -0.1) is 0 Å². The van der Waals surface area contributed by atoms with E-state index in [-0.39, 0.29) is 29.1 Å². The maximum atomic E-state index is 14.1. The number of carbonyl (C=O) groups excluding carboxylic acids is 2. The van der Waals surface area contributed by atoms with E-state index in [2.05, 4.69) is 5.32 Å². The van der Waals surface area contributed by atoms with E-state index in [1.807, 2.05) is 20.8 Å². The molecule has 220 valence electrons. The van der Waals surface area contributed by atoms with Crippen LogP contribution in [0.1, 0.15) is 44.7 Å². The average molecular weight is 639 g/mol. The zero-order chi connectivity index (χ0) is 30.3. The van der Waals surface area contributed by atoms with E-state index in [0.717, 1.165) is 9.87 Å². The van der Waals surface area contributed by atoms with Gasteiger partial charge in [0, 0.05) is 17.6 Å². The summed E-state index contributed by atoms with van der Waals surface area (Å²) in [5.74, 6) is -0.899. The van der Waals surface area contributed by atoms with Crippen LogP contribution in [0.5, 0.6) is 0 Å². The number of hydrogen-bond donors (Lipinski definition) is 1. The van der Waals surface area contributed by atoms with Crippen molar-refractivity contribution in [3.8, 4) is 0 Å². The molecule has 41 heavy (non-hydrogen) atoms. The number of amides is 2. The largest absolute Gasteiger partial charge is 0.352 e. The number of nitrogens with zero attached hydrogens (tertiary/aromatic N) is 2. The van der Waals surface area contributed by atoms with Crippen molar-refractivity contribution in [1.29, 1.82) is 0 Å². The number of nitrogens with one attached hydrogen (secondary N) is 1. The van der Waals surface area contributed by atoms with Gasteiger partial charge in [0.25, 0.3) is 10.0 Å². The second-order valence-electron chi connectivity index (χ2n) is 9.82. The lowest BCUT2D eigenvalue weighted by Crippen LogP contribution is -2.53. The molecule has 11 heteroatoms. The maximum absolute atomic E-state index is 14.1. The summed E-state index contributed by atoms with van der Waals surface area (Å²) in [6.07, 6.45) is 1.01. The number of aryl methyl sites for hydroxylation is 1. The molecule has 0 unspecified atom stereocenters. The lowest BCUT2D eigenvalue weighted by Gasteiger charge is -2.33. The monoisotopic (exact) mass is 637 g/mol. The summed E-state index contributed by atoms with van der Waals surface area (Å²) >= 11 is 18.6. The molecular formula is C30H34Cl3N3O4S. The van der Waals surface area contributed by atoms with Crippen LogP contribution in [0, 0.1) is 6.92 Å². The van der Waals surface area contributed by atoms with Gasteiger partial charge in [-0.2, -0.15) is 0 Å². The first-order valence-electron chi connectivity index (χ1n) is 13.3. The molecular weight excluding hydrogens is 605 g/mol. The van der Waals surface area contributed by atoms with Crippen LogP contribution in [0.15, 0.2) is 71.6 Å². The molecule has 3 rings (SSSR count). The third-order valence-electron chi connectivity index (χ3n) is 6.71. The fraction of sp³-hybridized carbons (Fsp3) is 0.333. The summed E-state index contributed by atoms with van der Waals surface area (Å²) in [7, 11) is -4.19. The first kappa shape index (κ1) is 32.7. The minimum Gasteiger partial charge on any atom is -0.352 e. The Hall–Kier alpha value is -2.78. The third kappa shape index (κ3) is 8.38. The number of hydrogen-bond acceptors (Lipinski definition) is 4. The summed E-state index contributed by atoms with van der Waals surface area (Å²) in [5.41, 5.74) is 1.75. The van der Waals surface area contributed by atoms with Gasteiger partial charge in [-0.25, -0.2) is 8.42 Å². The molecule has 0 aromatic heterocycles. The quantitative estimate of drug-likeness (QED) is 0.235. The number of anilines is 1.